The van der Waals surface area contributed by atoms with Gasteiger partial charge in [0.25, 0.3) is 0 Å². The van der Waals surface area contributed by atoms with Crippen LogP contribution >= 0.6 is 0 Å². The third-order valence-electron chi connectivity index (χ3n) is 3.85. The van der Waals surface area contributed by atoms with Crippen LogP contribution in [0, 0.1) is 0 Å². The fourth-order valence-corrected chi connectivity index (χ4v) is 2.80. The van der Waals surface area contributed by atoms with Crippen LogP contribution in [0.5, 0.6) is 0 Å². The molecular weight excluding hydrogens is 222 g/mol. The van der Waals surface area contributed by atoms with Crippen molar-refractivity contribution < 1.29 is 0 Å². The first-order valence-corrected chi connectivity index (χ1v) is 7.16. The van der Waals surface area contributed by atoms with Crippen LogP contribution in [0.4, 0.5) is 0 Å². The van der Waals surface area contributed by atoms with E-state index in [0.29, 0.717) is 0 Å². The van der Waals surface area contributed by atoms with Gasteiger partial charge in [-0.05, 0) is 44.5 Å². The first-order chi connectivity index (χ1) is 8.83. The molecule has 0 bridgehead atoms. The second-order valence-corrected chi connectivity index (χ2v) is 5.22. The molecule has 2 rings (SSSR count). The molecule has 1 aliphatic rings. The first-order valence-electron chi connectivity index (χ1n) is 7.16. The molecule has 3 heteroatoms. The third-order valence-corrected chi connectivity index (χ3v) is 3.85. The number of aromatic nitrogens is 1. The smallest absolute Gasteiger partial charge is 0.0544 e. The first kappa shape index (κ1) is 13.5. The minimum atomic E-state index is 0.762. The molecular formula is C15H25N3. The molecule has 0 aromatic carbocycles. The summed E-state index contributed by atoms with van der Waals surface area (Å²) in [6.45, 7) is 5.44. The van der Waals surface area contributed by atoms with E-state index in [1.165, 1.54) is 43.5 Å². The lowest BCUT2D eigenvalue weighted by Gasteiger charge is -2.34. The van der Waals surface area contributed by atoms with E-state index < -0.39 is 0 Å². The van der Waals surface area contributed by atoms with Crippen molar-refractivity contribution >= 4 is 0 Å². The molecule has 1 saturated heterocycles. The van der Waals surface area contributed by atoms with Crippen molar-refractivity contribution in [2.75, 3.05) is 13.6 Å². The summed E-state index contributed by atoms with van der Waals surface area (Å²) in [6.07, 6.45) is 7.35. The lowest BCUT2D eigenvalue weighted by molar-refractivity contribution is 0.134. The molecule has 1 aliphatic heterocycles. The summed E-state index contributed by atoms with van der Waals surface area (Å²) in [5.41, 5.74) is 2.46. The zero-order valence-corrected chi connectivity index (χ0v) is 11.7. The van der Waals surface area contributed by atoms with E-state index in [1.807, 2.05) is 13.2 Å². The number of likely N-dealkylation sites (tertiary alicyclic amines) is 1. The Morgan fingerprint density at radius 3 is 2.94 bits per heavy atom. The van der Waals surface area contributed by atoms with Gasteiger partial charge in [0.2, 0.25) is 0 Å². The lowest BCUT2D eigenvalue weighted by Crippen LogP contribution is -2.38. The quantitative estimate of drug-likeness (QED) is 0.867. The zero-order chi connectivity index (χ0) is 12.8. The molecule has 1 aromatic rings. The minimum absolute atomic E-state index is 0.762. The molecule has 1 fully saturated rings. The molecule has 0 saturated carbocycles. The molecule has 18 heavy (non-hydrogen) atoms. The Balaban J connectivity index is 1.95. The number of piperidine rings is 1. The molecule has 3 nitrogen and oxygen atoms in total. The molecule has 1 aromatic heterocycles. The van der Waals surface area contributed by atoms with E-state index in [1.54, 1.807) is 0 Å². The van der Waals surface area contributed by atoms with Gasteiger partial charge in [0.05, 0.1) is 5.69 Å². The number of pyridine rings is 1. The monoisotopic (exact) mass is 247 g/mol. The summed E-state index contributed by atoms with van der Waals surface area (Å²) in [5, 5.41) is 3.15. The highest BCUT2D eigenvalue weighted by Gasteiger charge is 2.20. The molecule has 0 aliphatic carbocycles. The fraction of sp³-hybridized carbons (Fsp3) is 0.667. The highest BCUT2D eigenvalue weighted by molar-refractivity contribution is 5.14. The topological polar surface area (TPSA) is 28.2 Å². The van der Waals surface area contributed by atoms with Crippen LogP contribution < -0.4 is 5.32 Å². The van der Waals surface area contributed by atoms with Crippen molar-refractivity contribution in [2.24, 2.45) is 0 Å². The molecule has 0 spiro atoms. The van der Waals surface area contributed by atoms with Crippen LogP contribution in [-0.2, 0) is 13.1 Å². The van der Waals surface area contributed by atoms with Crippen LogP contribution in [0.2, 0.25) is 0 Å². The Morgan fingerprint density at radius 2 is 2.28 bits per heavy atom. The van der Waals surface area contributed by atoms with E-state index in [-0.39, 0.29) is 0 Å². The van der Waals surface area contributed by atoms with Crippen molar-refractivity contribution in [3.63, 3.8) is 0 Å². The lowest BCUT2D eigenvalue weighted by atomic mass is 10.00. The predicted molar refractivity (Wildman–Crippen MR) is 75.3 cm³/mol. The molecule has 100 valence electrons. The fourth-order valence-electron chi connectivity index (χ4n) is 2.80. The van der Waals surface area contributed by atoms with Gasteiger partial charge >= 0.3 is 0 Å². The van der Waals surface area contributed by atoms with Gasteiger partial charge in [0.15, 0.2) is 0 Å². The largest absolute Gasteiger partial charge is 0.316 e. The van der Waals surface area contributed by atoms with Crippen LogP contribution in [0.25, 0.3) is 0 Å². The van der Waals surface area contributed by atoms with Gasteiger partial charge in [-0.2, -0.15) is 0 Å². The standard InChI is InChI=1S/C15H25N3/c1-3-15-6-4-5-9-18(15)12-14-8-7-13(10-16-2)11-17-14/h7-8,11,15-16H,3-6,9-10,12H2,1-2H3. The summed E-state index contributed by atoms with van der Waals surface area (Å²) >= 11 is 0. The van der Waals surface area contributed by atoms with E-state index >= 15 is 0 Å². The van der Waals surface area contributed by atoms with Gasteiger partial charge in [-0.15, -0.1) is 0 Å². The van der Waals surface area contributed by atoms with Crippen LogP contribution in [0.3, 0.4) is 0 Å². The van der Waals surface area contributed by atoms with Crippen molar-refractivity contribution in [1.29, 1.82) is 0 Å². The molecule has 0 radical (unpaired) electrons. The van der Waals surface area contributed by atoms with E-state index in [9.17, 15) is 0 Å². The molecule has 1 atom stereocenters. The molecule has 0 amide bonds. The summed E-state index contributed by atoms with van der Waals surface area (Å²) in [7, 11) is 1.97. The summed E-state index contributed by atoms with van der Waals surface area (Å²) in [4.78, 5) is 7.18. The van der Waals surface area contributed by atoms with Gasteiger partial charge in [-0.3, -0.25) is 9.88 Å². The van der Waals surface area contributed by atoms with E-state index in [0.717, 1.165) is 19.1 Å². The average Bonchev–Trinajstić information content (AvgIpc) is 2.42. The van der Waals surface area contributed by atoms with Crippen LogP contribution in [-0.4, -0.2) is 29.5 Å². The maximum Gasteiger partial charge on any atom is 0.0544 e. The second kappa shape index (κ2) is 6.86. The highest BCUT2D eigenvalue weighted by atomic mass is 15.2. The van der Waals surface area contributed by atoms with Crippen LogP contribution in [0.1, 0.15) is 43.9 Å². The highest BCUT2D eigenvalue weighted by Crippen LogP contribution is 2.21. The Morgan fingerprint density at radius 1 is 1.39 bits per heavy atom. The van der Waals surface area contributed by atoms with Gasteiger partial charge in [-0.25, -0.2) is 0 Å². The number of nitrogens with zero attached hydrogens (tertiary/aromatic N) is 2. The molecule has 1 N–H and O–H groups in total. The second-order valence-electron chi connectivity index (χ2n) is 5.22. The predicted octanol–water partition coefficient (Wildman–Crippen LogP) is 2.57. The van der Waals surface area contributed by atoms with E-state index in [2.05, 4.69) is 34.3 Å². The zero-order valence-electron chi connectivity index (χ0n) is 11.7. The maximum atomic E-state index is 4.58. The average molecular weight is 247 g/mol. The summed E-state index contributed by atoms with van der Waals surface area (Å²) in [5.74, 6) is 0. The number of rotatable bonds is 5. The Labute approximate surface area is 111 Å². The SMILES string of the molecule is CCC1CCCCN1Cc1ccc(CNC)cn1. The molecule has 1 unspecified atom stereocenters. The van der Waals surface area contributed by atoms with E-state index in [4.69, 9.17) is 0 Å². The van der Waals surface area contributed by atoms with Crippen molar-refractivity contribution in [2.45, 2.75) is 51.7 Å². The number of hydrogen-bond donors (Lipinski definition) is 1. The van der Waals surface area contributed by atoms with Gasteiger partial charge in [0, 0.05) is 25.3 Å². The summed E-state index contributed by atoms with van der Waals surface area (Å²) in [6, 6.07) is 5.12. The third kappa shape index (κ3) is 3.53. The van der Waals surface area contributed by atoms with Crippen molar-refractivity contribution in [3.8, 4) is 0 Å². The minimum Gasteiger partial charge on any atom is -0.316 e. The Hall–Kier alpha value is -0.930. The van der Waals surface area contributed by atoms with Crippen LogP contribution in [0.15, 0.2) is 18.3 Å². The Bertz CT molecular complexity index is 347. The normalized spacial score (nSPS) is 21.1. The van der Waals surface area contributed by atoms with Crippen molar-refractivity contribution in [3.05, 3.63) is 29.6 Å². The van der Waals surface area contributed by atoms with Gasteiger partial charge in [-0.1, -0.05) is 19.4 Å². The summed E-state index contributed by atoms with van der Waals surface area (Å²) < 4.78 is 0. The number of hydrogen-bond acceptors (Lipinski definition) is 3. The van der Waals surface area contributed by atoms with Crippen molar-refractivity contribution in [1.82, 2.24) is 15.2 Å². The maximum absolute atomic E-state index is 4.58. The molecule has 2 heterocycles. The van der Waals surface area contributed by atoms with Gasteiger partial charge in [0.1, 0.15) is 0 Å². The Kier molecular flexibility index (Phi) is 5.14. The number of nitrogens with one attached hydrogen (secondary N) is 1. The van der Waals surface area contributed by atoms with Gasteiger partial charge < -0.3 is 5.32 Å².